The molecule has 1 atom stereocenters. The van der Waals surface area contributed by atoms with E-state index in [-0.39, 0.29) is 11.3 Å². The highest BCUT2D eigenvalue weighted by Crippen LogP contribution is 2.47. The SMILES string of the molecule is NC(Cc1ccc(Cl)cc1)C(=O)N1CCC(Cn2ccnn2)(C2CCCCC2)CC1. The lowest BCUT2D eigenvalue weighted by Crippen LogP contribution is -2.52. The lowest BCUT2D eigenvalue weighted by molar-refractivity contribution is -0.136. The standard InChI is InChI=1S/C23H32ClN5O/c24-20-8-6-18(7-9-20)16-21(25)22(30)28-13-10-23(11-14-28,17-29-15-12-26-27-29)19-4-2-1-3-5-19/h6-9,12,15,19,21H,1-5,10-11,13-14,16-17,25H2. The largest absolute Gasteiger partial charge is 0.341 e. The number of benzene rings is 1. The highest BCUT2D eigenvalue weighted by atomic mass is 35.5. The Hall–Kier alpha value is -1.92. The number of aromatic nitrogens is 3. The van der Waals surface area contributed by atoms with E-state index in [1.807, 2.05) is 40.0 Å². The monoisotopic (exact) mass is 429 g/mol. The molecule has 2 fully saturated rings. The molecule has 1 saturated heterocycles. The van der Waals surface area contributed by atoms with E-state index in [1.54, 1.807) is 6.20 Å². The Morgan fingerprint density at radius 2 is 1.87 bits per heavy atom. The van der Waals surface area contributed by atoms with Gasteiger partial charge >= 0.3 is 0 Å². The molecule has 0 bridgehead atoms. The second kappa shape index (κ2) is 9.48. The Morgan fingerprint density at radius 1 is 1.17 bits per heavy atom. The Bertz CT molecular complexity index is 809. The van der Waals surface area contributed by atoms with Crippen LogP contribution in [-0.4, -0.2) is 44.9 Å². The number of piperidine rings is 1. The summed E-state index contributed by atoms with van der Waals surface area (Å²) in [5.41, 5.74) is 7.53. The molecule has 1 aromatic carbocycles. The number of amides is 1. The first-order valence-electron chi connectivity index (χ1n) is 11.2. The summed E-state index contributed by atoms with van der Waals surface area (Å²) in [6.45, 7) is 2.45. The number of carbonyl (C=O) groups is 1. The molecule has 1 saturated carbocycles. The molecule has 1 amide bonds. The Kier molecular flexibility index (Phi) is 6.74. The van der Waals surface area contributed by atoms with Crippen molar-refractivity contribution in [3.63, 3.8) is 0 Å². The summed E-state index contributed by atoms with van der Waals surface area (Å²) in [5, 5.41) is 8.94. The fraction of sp³-hybridized carbons (Fsp3) is 0.609. The van der Waals surface area contributed by atoms with Crippen molar-refractivity contribution in [1.29, 1.82) is 0 Å². The predicted molar refractivity (Wildman–Crippen MR) is 118 cm³/mol. The van der Waals surface area contributed by atoms with Crippen LogP contribution in [0.1, 0.15) is 50.5 Å². The maximum Gasteiger partial charge on any atom is 0.239 e. The second-order valence-electron chi connectivity index (χ2n) is 9.06. The molecule has 1 aliphatic heterocycles. The van der Waals surface area contributed by atoms with E-state index in [0.717, 1.165) is 38.0 Å². The molecular formula is C23H32ClN5O. The predicted octanol–water partition coefficient (Wildman–Crippen LogP) is 3.69. The molecule has 4 rings (SSSR count). The van der Waals surface area contributed by atoms with Crippen molar-refractivity contribution in [2.24, 2.45) is 17.1 Å². The number of hydrogen-bond acceptors (Lipinski definition) is 4. The number of halogens is 1. The van der Waals surface area contributed by atoms with Gasteiger partial charge in [-0.2, -0.15) is 0 Å². The van der Waals surface area contributed by atoms with E-state index in [0.29, 0.717) is 17.4 Å². The van der Waals surface area contributed by atoms with E-state index in [1.165, 1.54) is 32.1 Å². The third-order valence-electron chi connectivity index (χ3n) is 7.18. The zero-order valence-corrected chi connectivity index (χ0v) is 18.3. The fourth-order valence-corrected chi connectivity index (χ4v) is 5.54. The van der Waals surface area contributed by atoms with Gasteiger partial charge in [0.15, 0.2) is 0 Å². The highest BCUT2D eigenvalue weighted by molar-refractivity contribution is 6.30. The van der Waals surface area contributed by atoms with Crippen molar-refractivity contribution in [2.75, 3.05) is 13.1 Å². The summed E-state index contributed by atoms with van der Waals surface area (Å²) in [5.74, 6) is 0.762. The molecule has 1 aromatic heterocycles. The molecule has 2 aromatic rings. The molecule has 30 heavy (non-hydrogen) atoms. The second-order valence-corrected chi connectivity index (χ2v) is 9.50. The van der Waals surface area contributed by atoms with Crippen LogP contribution in [0.4, 0.5) is 0 Å². The quantitative estimate of drug-likeness (QED) is 0.759. The summed E-state index contributed by atoms with van der Waals surface area (Å²) >= 11 is 5.96. The Morgan fingerprint density at radius 3 is 2.50 bits per heavy atom. The zero-order valence-electron chi connectivity index (χ0n) is 17.5. The molecule has 7 heteroatoms. The average Bonchev–Trinajstić information content (AvgIpc) is 3.29. The number of nitrogens with two attached hydrogens (primary N) is 1. The van der Waals surface area contributed by atoms with Crippen molar-refractivity contribution in [1.82, 2.24) is 19.9 Å². The number of carbonyl (C=O) groups excluding carboxylic acids is 1. The lowest BCUT2D eigenvalue weighted by Gasteiger charge is -2.48. The molecule has 2 heterocycles. The van der Waals surface area contributed by atoms with Gasteiger partial charge in [0.2, 0.25) is 5.91 Å². The van der Waals surface area contributed by atoms with E-state index >= 15 is 0 Å². The van der Waals surface area contributed by atoms with Gasteiger partial charge in [0.1, 0.15) is 0 Å². The van der Waals surface area contributed by atoms with Gasteiger partial charge in [0.05, 0.1) is 12.2 Å². The molecule has 1 unspecified atom stereocenters. The van der Waals surface area contributed by atoms with Crippen LogP contribution < -0.4 is 5.73 Å². The summed E-state index contributed by atoms with van der Waals surface area (Å²) in [6, 6.07) is 7.06. The van der Waals surface area contributed by atoms with Gasteiger partial charge in [-0.25, -0.2) is 0 Å². The van der Waals surface area contributed by atoms with Crippen molar-refractivity contribution >= 4 is 17.5 Å². The van der Waals surface area contributed by atoms with Crippen LogP contribution in [0.5, 0.6) is 0 Å². The zero-order chi connectivity index (χ0) is 21.0. The van der Waals surface area contributed by atoms with Crippen LogP contribution in [0, 0.1) is 11.3 Å². The van der Waals surface area contributed by atoms with Crippen molar-refractivity contribution < 1.29 is 4.79 Å². The number of likely N-dealkylation sites (tertiary alicyclic amines) is 1. The minimum Gasteiger partial charge on any atom is -0.341 e. The first kappa shape index (κ1) is 21.3. The maximum atomic E-state index is 13.0. The van der Waals surface area contributed by atoms with Gasteiger partial charge in [0, 0.05) is 30.9 Å². The number of rotatable bonds is 6. The summed E-state index contributed by atoms with van der Waals surface area (Å²) < 4.78 is 1.98. The van der Waals surface area contributed by atoms with Gasteiger partial charge in [-0.05, 0) is 61.1 Å². The third-order valence-corrected chi connectivity index (χ3v) is 7.43. The van der Waals surface area contributed by atoms with Gasteiger partial charge in [-0.3, -0.25) is 9.48 Å². The summed E-state index contributed by atoms with van der Waals surface area (Å²) in [6.07, 6.45) is 12.8. The van der Waals surface area contributed by atoms with Crippen molar-refractivity contribution in [3.05, 3.63) is 47.2 Å². The number of hydrogen-bond donors (Lipinski definition) is 1. The molecule has 2 aliphatic rings. The molecule has 0 spiro atoms. The third kappa shape index (κ3) is 4.86. The molecule has 2 N–H and O–H groups in total. The Balaban J connectivity index is 1.40. The van der Waals surface area contributed by atoms with E-state index in [9.17, 15) is 4.79 Å². The van der Waals surface area contributed by atoms with Crippen LogP contribution >= 0.6 is 11.6 Å². The molecule has 1 aliphatic carbocycles. The molecule has 162 valence electrons. The molecule has 6 nitrogen and oxygen atoms in total. The summed E-state index contributed by atoms with van der Waals surface area (Å²) in [7, 11) is 0. The smallest absolute Gasteiger partial charge is 0.239 e. The number of nitrogens with zero attached hydrogens (tertiary/aromatic N) is 4. The molecule has 0 radical (unpaired) electrons. The van der Waals surface area contributed by atoms with Crippen LogP contribution in [-0.2, 0) is 17.8 Å². The van der Waals surface area contributed by atoms with Gasteiger partial charge in [-0.1, -0.05) is 48.2 Å². The van der Waals surface area contributed by atoms with E-state index in [2.05, 4.69) is 10.3 Å². The first-order chi connectivity index (χ1) is 14.6. The maximum absolute atomic E-state index is 13.0. The first-order valence-corrected chi connectivity index (χ1v) is 11.6. The highest BCUT2D eigenvalue weighted by Gasteiger charge is 2.43. The minimum atomic E-state index is -0.510. The normalized spacial score (nSPS) is 20.8. The Labute approximate surface area is 183 Å². The van der Waals surface area contributed by atoms with Crippen LogP contribution in [0.3, 0.4) is 0 Å². The van der Waals surface area contributed by atoms with Crippen molar-refractivity contribution in [3.8, 4) is 0 Å². The van der Waals surface area contributed by atoms with Crippen LogP contribution in [0.15, 0.2) is 36.7 Å². The minimum absolute atomic E-state index is 0.0583. The summed E-state index contributed by atoms with van der Waals surface area (Å²) in [4.78, 5) is 15.0. The van der Waals surface area contributed by atoms with Crippen LogP contribution in [0.2, 0.25) is 5.02 Å². The van der Waals surface area contributed by atoms with Crippen LogP contribution in [0.25, 0.3) is 0 Å². The average molecular weight is 430 g/mol. The topological polar surface area (TPSA) is 77.0 Å². The lowest BCUT2D eigenvalue weighted by atomic mass is 9.63. The van der Waals surface area contributed by atoms with Gasteiger partial charge in [-0.15, -0.1) is 5.10 Å². The van der Waals surface area contributed by atoms with Gasteiger partial charge in [0.25, 0.3) is 0 Å². The van der Waals surface area contributed by atoms with Gasteiger partial charge < -0.3 is 10.6 Å². The van der Waals surface area contributed by atoms with E-state index in [4.69, 9.17) is 17.3 Å². The molecular weight excluding hydrogens is 398 g/mol. The van der Waals surface area contributed by atoms with Crippen molar-refractivity contribution in [2.45, 2.75) is 64.0 Å². The fourth-order valence-electron chi connectivity index (χ4n) is 5.42. The van der Waals surface area contributed by atoms with E-state index < -0.39 is 6.04 Å².